The van der Waals surface area contributed by atoms with Crippen molar-refractivity contribution in [3.8, 4) is 11.4 Å². The SMILES string of the molecule is CCCCCCC(F)COC1CCc2cc(-c3ccc(CC(C)CCCC)c(F)n3)nc(F)c2C1(F)F. The quantitative estimate of drug-likeness (QED) is 0.141. The molecule has 0 saturated carbocycles. The molecule has 1 aliphatic rings. The number of pyridine rings is 2. The number of hydrogen-bond acceptors (Lipinski definition) is 3. The van der Waals surface area contributed by atoms with E-state index in [1.165, 1.54) is 6.07 Å². The third-order valence-electron chi connectivity index (χ3n) is 7.13. The molecule has 0 aliphatic heterocycles. The molecule has 3 rings (SSSR count). The lowest BCUT2D eigenvalue weighted by Crippen LogP contribution is -2.40. The topological polar surface area (TPSA) is 35.0 Å². The number of hydrogen-bond donors (Lipinski definition) is 0. The highest BCUT2D eigenvalue weighted by Crippen LogP contribution is 2.43. The van der Waals surface area contributed by atoms with Gasteiger partial charge in [-0.2, -0.15) is 17.6 Å². The Hall–Kier alpha value is -2.09. The normalized spacial score (nSPS) is 18.4. The first-order valence-electron chi connectivity index (χ1n) is 13.7. The highest BCUT2D eigenvalue weighted by atomic mass is 19.3. The van der Waals surface area contributed by atoms with Crippen LogP contribution in [-0.2, 0) is 23.5 Å². The van der Waals surface area contributed by atoms with Crippen molar-refractivity contribution < 1.29 is 26.7 Å². The largest absolute Gasteiger partial charge is 0.369 e. The average molecular weight is 527 g/mol. The van der Waals surface area contributed by atoms with Gasteiger partial charge >= 0.3 is 5.92 Å². The van der Waals surface area contributed by atoms with Gasteiger partial charge in [-0.15, -0.1) is 0 Å². The van der Waals surface area contributed by atoms with Crippen LogP contribution in [-0.4, -0.2) is 28.9 Å². The van der Waals surface area contributed by atoms with Gasteiger partial charge < -0.3 is 4.74 Å². The van der Waals surface area contributed by atoms with Gasteiger partial charge in [-0.25, -0.2) is 14.4 Å². The second kappa shape index (κ2) is 13.6. The van der Waals surface area contributed by atoms with Gasteiger partial charge in [0.15, 0.2) is 0 Å². The molecule has 3 nitrogen and oxygen atoms in total. The van der Waals surface area contributed by atoms with Crippen molar-refractivity contribution in [3.63, 3.8) is 0 Å². The molecule has 1 aliphatic carbocycles. The molecule has 8 heteroatoms. The molecule has 0 spiro atoms. The summed E-state index contributed by atoms with van der Waals surface area (Å²) in [5, 5.41) is 0. The van der Waals surface area contributed by atoms with Crippen LogP contribution in [0.5, 0.6) is 0 Å². The van der Waals surface area contributed by atoms with Crippen molar-refractivity contribution in [3.05, 3.63) is 46.8 Å². The van der Waals surface area contributed by atoms with Crippen LogP contribution in [0.4, 0.5) is 22.0 Å². The van der Waals surface area contributed by atoms with E-state index in [1.54, 1.807) is 12.1 Å². The zero-order valence-electron chi connectivity index (χ0n) is 22.1. The summed E-state index contributed by atoms with van der Waals surface area (Å²) in [5.74, 6) is -5.34. The summed E-state index contributed by atoms with van der Waals surface area (Å²) in [7, 11) is 0. The van der Waals surface area contributed by atoms with Crippen molar-refractivity contribution >= 4 is 0 Å². The highest BCUT2D eigenvalue weighted by molar-refractivity contribution is 5.57. The van der Waals surface area contributed by atoms with Gasteiger partial charge in [-0.05, 0) is 49.3 Å². The van der Waals surface area contributed by atoms with Gasteiger partial charge in [0.25, 0.3) is 0 Å². The number of aryl methyl sites for hydroxylation is 1. The third-order valence-corrected chi connectivity index (χ3v) is 7.13. The van der Waals surface area contributed by atoms with E-state index in [0.717, 1.165) is 38.5 Å². The summed E-state index contributed by atoms with van der Waals surface area (Å²) in [6.07, 6.45) is 4.59. The van der Waals surface area contributed by atoms with E-state index in [2.05, 4.69) is 30.7 Å². The number of rotatable bonds is 14. The van der Waals surface area contributed by atoms with E-state index in [1.807, 2.05) is 0 Å². The van der Waals surface area contributed by atoms with Crippen LogP contribution in [0.2, 0.25) is 0 Å². The van der Waals surface area contributed by atoms with Crippen molar-refractivity contribution in [2.75, 3.05) is 6.61 Å². The number of aromatic nitrogens is 2. The minimum absolute atomic E-state index is 0.00630. The smallest absolute Gasteiger partial charge is 0.303 e. The first-order chi connectivity index (χ1) is 17.7. The molecule has 0 amide bonds. The van der Waals surface area contributed by atoms with E-state index < -0.39 is 42.3 Å². The fourth-order valence-electron chi connectivity index (χ4n) is 4.95. The van der Waals surface area contributed by atoms with Crippen LogP contribution >= 0.6 is 0 Å². The molecule has 0 radical (unpaired) electrons. The van der Waals surface area contributed by atoms with Gasteiger partial charge in [0.2, 0.25) is 11.9 Å². The fraction of sp³-hybridized carbons (Fsp3) is 0.655. The summed E-state index contributed by atoms with van der Waals surface area (Å²) in [5.41, 5.74) is -0.175. The fourth-order valence-corrected chi connectivity index (χ4v) is 4.95. The Morgan fingerprint density at radius 3 is 2.41 bits per heavy atom. The number of unbranched alkanes of at least 4 members (excludes halogenated alkanes) is 4. The van der Waals surface area contributed by atoms with Gasteiger partial charge in [0.1, 0.15) is 12.3 Å². The summed E-state index contributed by atoms with van der Waals surface area (Å²) < 4.78 is 79.4. The first-order valence-corrected chi connectivity index (χ1v) is 13.7. The first kappa shape index (κ1) is 29.5. The van der Waals surface area contributed by atoms with Gasteiger partial charge in [-0.3, -0.25) is 0 Å². The third kappa shape index (κ3) is 7.71. The molecule has 2 aromatic rings. The second-order valence-electron chi connectivity index (χ2n) is 10.4. The second-order valence-corrected chi connectivity index (χ2v) is 10.4. The molecule has 2 aromatic heterocycles. The monoisotopic (exact) mass is 526 g/mol. The van der Waals surface area contributed by atoms with E-state index in [4.69, 9.17) is 4.74 Å². The molecular weight excluding hydrogens is 487 g/mol. The summed E-state index contributed by atoms with van der Waals surface area (Å²) in [4.78, 5) is 7.66. The Bertz CT molecular complexity index is 1020. The molecule has 37 heavy (non-hydrogen) atoms. The predicted octanol–water partition coefficient (Wildman–Crippen LogP) is 8.52. The molecule has 0 saturated heterocycles. The van der Waals surface area contributed by atoms with Crippen molar-refractivity contribution in [1.29, 1.82) is 0 Å². The molecule has 3 unspecified atom stereocenters. The van der Waals surface area contributed by atoms with Gasteiger partial charge in [-0.1, -0.05) is 71.8 Å². The van der Waals surface area contributed by atoms with E-state index in [0.29, 0.717) is 24.3 Å². The van der Waals surface area contributed by atoms with Crippen LogP contribution in [0.3, 0.4) is 0 Å². The Balaban J connectivity index is 1.70. The molecule has 0 N–H and O–H groups in total. The van der Waals surface area contributed by atoms with Gasteiger partial charge in [0.05, 0.1) is 23.6 Å². The maximum absolute atomic E-state index is 15.2. The predicted molar refractivity (Wildman–Crippen MR) is 135 cm³/mol. The van der Waals surface area contributed by atoms with Crippen LogP contribution in [0.15, 0.2) is 18.2 Å². The molecule has 206 valence electrons. The van der Waals surface area contributed by atoms with Crippen LogP contribution in [0.25, 0.3) is 11.4 Å². The summed E-state index contributed by atoms with van der Waals surface area (Å²) in [6.45, 7) is 5.77. The maximum atomic E-state index is 15.2. The van der Waals surface area contributed by atoms with Crippen molar-refractivity contribution in [2.45, 2.75) is 110 Å². The molecule has 0 fully saturated rings. The van der Waals surface area contributed by atoms with Crippen molar-refractivity contribution in [1.82, 2.24) is 9.97 Å². The standard InChI is InChI=1S/C29H39F5N2O/c1-4-6-8-9-11-22(30)18-37-25-15-13-20-17-24(36-28(32)26(20)29(25,33)34)23-14-12-21(27(31)35-23)16-19(3)10-7-5-2/h12,14,17,19,22,25H,4-11,13,15-16,18H2,1-3H3. The molecule has 2 heterocycles. The molecule has 0 aromatic carbocycles. The lowest BCUT2D eigenvalue weighted by Gasteiger charge is -2.33. The zero-order chi connectivity index (χ0) is 27.0. The van der Waals surface area contributed by atoms with E-state index in [-0.39, 0.29) is 36.2 Å². The van der Waals surface area contributed by atoms with Crippen LogP contribution in [0.1, 0.15) is 95.2 Å². The Morgan fingerprint density at radius 1 is 0.973 bits per heavy atom. The Labute approximate surface area is 217 Å². The maximum Gasteiger partial charge on any atom is 0.303 e. The molecule has 3 atom stereocenters. The molecule has 0 bridgehead atoms. The van der Waals surface area contributed by atoms with E-state index >= 15 is 8.78 Å². The highest BCUT2D eigenvalue weighted by Gasteiger charge is 2.49. The number of nitrogens with zero attached hydrogens (tertiary/aromatic N) is 2. The summed E-state index contributed by atoms with van der Waals surface area (Å²) >= 11 is 0. The Kier molecular flexibility index (Phi) is 10.9. The minimum Gasteiger partial charge on any atom is -0.369 e. The van der Waals surface area contributed by atoms with Crippen LogP contribution in [0, 0.1) is 17.8 Å². The average Bonchev–Trinajstić information content (AvgIpc) is 2.85. The lowest BCUT2D eigenvalue weighted by atomic mass is 9.86. The van der Waals surface area contributed by atoms with E-state index in [9.17, 15) is 13.2 Å². The number of ether oxygens (including phenoxy) is 1. The van der Waals surface area contributed by atoms with Crippen molar-refractivity contribution in [2.24, 2.45) is 5.92 Å². The number of fused-ring (bicyclic) bond motifs is 1. The molecular formula is C29H39F5N2O. The zero-order valence-corrected chi connectivity index (χ0v) is 22.1. The van der Waals surface area contributed by atoms with Gasteiger partial charge in [0, 0.05) is 5.56 Å². The van der Waals surface area contributed by atoms with Crippen LogP contribution < -0.4 is 0 Å². The number of alkyl halides is 3. The lowest BCUT2D eigenvalue weighted by molar-refractivity contribution is -0.160. The number of halogens is 5. The Morgan fingerprint density at radius 2 is 1.70 bits per heavy atom. The summed E-state index contributed by atoms with van der Waals surface area (Å²) in [6, 6.07) is 4.50. The minimum atomic E-state index is -3.65.